The zero-order valence-electron chi connectivity index (χ0n) is 15.2. The Bertz CT molecular complexity index is 1220. The molecule has 0 saturated heterocycles. The van der Waals surface area contributed by atoms with Crippen molar-refractivity contribution in [2.75, 3.05) is 12.0 Å². The Morgan fingerprint density at radius 3 is 2.83 bits per heavy atom. The number of hydrogen-bond acceptors (Lipinski definition) is 9. The molecule has 6 rings (SSSR count). The molecule has 3 aliphatic rings. The molecule has 0 N–H and O–H groups in total. The number of nitriles is 1. The van der Waals surface area contributed by atoms with Crippen molar-refractivity contribution in [2.24, 2.45) is 0 Å². The molecule has 11 heteroatoms. The average Bonchev–Trinajstić information content (AvgIpc) is 3.08. The van der Waals surface area contributed by atoms with Crippen LogP contribution in [-0.2, 0) is 10.3 Å². The molecule has 2 aromatic heterocycles. The van der Waals surface area contributed by atoms with Crippen molar-refractivity contribution in [1.82, 2.24) is 29.8 Å². The SMILES string of the molecule is COC1(c2noc(-c3nnc4n3C3=CN(C#N)C(F)N3c3ccccc3-4)n2)CC1. The molecule has 0 amide bonds. The van der Waals surface area contributed by atoms with Gasteiger partial charge in [-0.15, -0.1) is 10.2 Å². The van der Waals surface area contributed by atoms with Gasteiger partial charge in [-0.3, -0.25) is 9.47 Å². The summed E-state index contributed by atoms with van der Waals surface area (Å²) in [6.07, 6.45) is 3.20. The molecule has 1 saturated carbocycles. The highest BCUT2D eigenvalue weighted by Gasteiger charge is 2.50. The molecule has 1 unspecified atom stereocenters. The van der Waals surface area contributed by atoms with E-state index >= 15 is 4.39 Å². The number of rotatable bonds is 3. The zero-order chi connectivity index (χ0) is 19.8. The molecule has 1 aromatic carbocycles. The minimum Gasteiger partial charge on any atom is -0.370 e. The van der Waals surface area contributed by atoms with E-state index in [1.165, 1.54) is 11.1 Å². The minimum absolute atomic E-state index is 0.146. The van der Waals surface area contributed by atoms with Crippen LogP contribution in [0.15, 0.2) is 35.0 Å². The summed E-state index contributed by atoms with van der Waals surface area (Å²) >= 11 is 0. The van der Waals surface area contributed by atoms with Gasteiger partial charge in [0.1, 0.15) is 11.4 Å². The van der Waals surface area contributed by atoms with Gasteiger partial charge in [-0.25, -0.2) is 4.90 Å². The van der Waals surface area contributed by atoms with E-state index < -0.39 is 12.0 Å². The van der Waals surface area contributed by atoms with Gasteiger partial charge in [-0.05, 0) is 25.0 Å². The van der Waals surface area contributed by atoms with E-state index in [0.717, 1.165) is 17.7 Å². The third-order valence-corrected chi connectivity index (χ3v) is 5.48. The van der Waals surface area contributed by atoms with Gasteiger partial charge >= 0.3 is 0 Å². The largest absolute Gasteiger partial charge is 0.370 e. The molecule has 1 aliphatic carbocycles. The lowest BCUT2D eigenvalue weighted by molar-refractivity contribution is 0.0689. The summed E-state index contributed by atoms with van der Waals surface area (Å²) in [5.41, 5.74) is 0.762. The highest BCUT2D eigenvalue weighted by atomic mass is 19.1. The van der Waals surface area contributed by atoms with Crippen LogP contribution in [0.1, 0.15) is 18.7 Å². The van der Waals surface area contributed by atoms with E-state index in [9.17, 15) is 5.26 Å². The Morgan fingerprint density at radius 1 is 1.28 bits per heavy atom. The molecule has 1 fully saturated rings. The summed E-state index contributed by atoms with van der Waals surface area (Å²) in [7, 11) is 1.61. The lowest BCUT2D eigenvalue weighted by Gasteiger charge is -2.31. The first-order valence-corrected chi connectivity index (χ1v) is 8.95. The number of nitrogens with zero attached hydrogens (tertiary/aromatic N) is 8. The van der Waals surface area contributed by atoms with Crippen LogP contribution >= 0.6 is 0 Å². The first-order valence-electron chi connectivity index (χ1n) is 8.95. The van der Waals surface area contributed by atoms with E-state index in [2.05, 4.69) is 20.3 Å². The Labute approximate surface area is 163 Å². The topological polar surface area (TPSA) is 109 Å². The van der Waals surface area contributed by atoms with Crippen LogP contribution in [0, 0.1) is 11.5 Å². The van der Waals surface area contributed by atoms with Crippen molar-refractivity contribution >= 4 is 11.5 Å². The van der Waals surface area contributed by atoms with Gasteiger partial charge in [0, 0.05) is 12.7 Å². The van der Waals surface area contributed by atoms with Gasteiger partial charge in [-0.1, -0.05) is 17.3 Å². The third-order valence-electron chi connectivity index (χ3n) is 5.48. The fourth-order valence-corrected chi connectivity index (χ4v) is 3.78. The van der Waals surface area contributed by atoms with Gasteiger partial charge in [0.25, 0.3) is 12.3 Å². The van der Waals surface area contributed by atoms with Crippen LogP contribution < -0.4 is 4.90 Å². The summed E-state index contributed by atoms with van der Waals surface area (Å²) in [6.45, 7) is 0. The molecule has 1 atom stereocenters. The van der Waals surface area contributed by atoms with Crippen molar-refractivity contribution in [2.45, 2.75) is 24.9 Å². The number of anilines is 1. The van der Waals surface area contributed by atoms with Crippen molar-refractivity contribution in [3.8, 4) is 29.3 Å². The summed E-state index contributed by atoms with van der Waals surface area (Å²) in [4.78, 5) is 6.78. The van der Waals surface area contributed by atoms with Crippen LogP contribution in [0.25, 0.3) is 28.9 Å². The quantitative estimate of drug-likeness (QED) is 0.490. The smallest absolute Gasteiger partial charge is 0.296 e. The molecule has 3 aromatic rings. The van der Waals surface area contributed by atoms with E-state index in [4.69, 9.17) is 9.26 Å². The van der Waals surface area contributed by atoms with Gasteiger partial charge in [0.15, 0.2) is 12.0 Å². The summed E-state index contributed by atoms with van der Waals surface area (Å²) in [6, 6.07) is 7.23. The first kappa shape index (κ1) is 16.2. The standard InChI is InChI=1S/C18H13FN8O2/c1-28-18(6-7-18)16-21-15(29-24-16)14-23-22-13-10-4-2-3-5-11(10)26-12(27(13)14)8-25(9-20)17(26)19/h2-5,8,17H,6-7H2,1H3. The molecule has 10 nitrogen and oxygen atoms in total. The summed E-state index contributed by atoms with van der Waals surface area (Å²) < 4.78 is 27.6. The van der Waals surface area contributed by atoms with Crippen LogP contribution in [0.3, 0.4) is 0 Å². The number of benzene rings is 1. The molecule has 4 heterocycles. The molecule has 0 bridgehead atoms. The predicted octanol–water partition coefficient (Wildman–Crippen LogP) is 2.26. The highest BCUT2D eigenvalue weighted by Crippen LogP contribution is 2.48. The molecule has 0 spiro atoms. The van der Waals surface area contributed by atoms with Gasteiger partial charge in [-0.2, -0.15) is 14.6 Å². The maximum atomic E-state index is 15.0. The lowest BCUT2D eigenvalue weighted by Crippen LogP contribution is -2.36. The predicted molar refractivity (Wildman–Crippen MR) is 95.8 cm³/mol. The summed E-state index contributed by atoms with van der Waals surface area (Å²) in [5, 5.41) is 21.9. The van der Waals surface area contributed by atoms with Crippen molar-refractivity contribution < 1.29 is 13.7 Å². The number of halogens is 1. The molecular formula is C18H13FN8O2. The van der Waals surface area contributed by atoms with Crippen LogP contribution in [0.2, 0.25) is 0 Å². The number of aromatic nitrogens is 5. The molecule has 0 radical (unpaired) electrons. The second-order valence-corrected chi connectivity index (χ2v) is 7.00. The minimum atomic E-state index is -1.68. The monoisotopic (exact) mass is 392 g/mol. The number of alkyl halides is 1. The molecular weight excluding hydrogens is 379 g/mol. The lowest BCUT2D eigenvalue weighted by atomic mass is 10.1. The fourth-order valence-electron chi connectivity index (χ4n) is 3.78. The third kappa shape index (κ3) is 2.01. The molecule has 144 valence electrons. The number of hydrogen-bond donors (Lipinski definition) is 0. The van der Waals surface area contributed by atoms with Gasteiger partial charge in [0.05, 0.1) is 11.9 Å². The second kappa shape index (κ2) is 5.39. The zero-order valence-corrected chi connectivity index (χ0v) is 15.2. The Morgan fingerprint density at radius 2 is 2.07 bits per heavy atom. The fraction of sp³-hybridized carbons (Fsp3) is 0.278. The Balaban J connectivity index is 1.55. The normalized spacial score (nSPS) is 20.6. The Hall–Kier alpha value is -3.78. The van der Waals surface area contributed by atoms with Crippen LogP contribution in [0.5, 0.6) is 0 Å². The van der Waals surface area contributed by atoms with Gasteiger partial charge < -0.3 is 9.26 Å². The van der Waals surface area contributed by atoms with E-state index in [1.807, 2.05) is 18.3 Å². The first-order chi connectivity index (χ1) is 14.2. The number of fused-ring (bicyclic) bond motifs is 6. The number of para-hydroxylation sites is 1. The average molecular weight is 392 g/mol. The van der Waals surface area contributed by atoms with Crippen LogP contribution in [0.4, 0.5) is 10.1 Å². The Kier molecular flexibility index (Phi) is 3.01. The maximum Gasteiger partial charge on any atom is 0.296 e. The van der Waals surface area contributed by atoms with E-state index in [-0.39, 0.29) is 11.7 Å². The van der Waals surface area contributed by atoms with E-state index in [1.54, 1.807) is 23.8 Å². The number of ether oxygens (including phenoxy) is 1. The maximum absolute atomic E-state index is 15.0. The van der Waals surface area contributed by atoms with Crippen molar-refractivity contribution in [3.05, 3.63) is 36.3 Å². The van der Waals surface area contributed by atoms with E-state index in [0.29, 0.717) is 28.7 Å². The highest BCUT2D eigenvalue weighted by molar-refractivity contribution is 5.90. The second-order valence-electron chi connectivity index (χ2n) is 7.00. The molecule has 29 heavy (non-hydrogen) atoms. The number of methoxy groups -OCH3 is 1. The van der Waals surface area contributed by atoms with Gasteiger partial charge in [0.2, 0.25) is 11.6 Å². The van der Waals surface area contributed by atoms with Crippen molar-refractivity contribution in [3.63, 3.8) is 0 Å². The van der Waals surface area contributed by atoms with Crippen molar-refractivity contribution in [1.29, 1.82) is 5.26 Å². The summed E-state index contributed by atoms with van der Waals surface area (Å²) in [5.74, 6) is 1.75. The molecule has 2 aliphatic heterocycles. The van der Waals surface area contributed by atoms with Crippen LogP contribution in [-0.4, -0.2) is 43.3 Å².